The Morgan fingerprint density at radius 2 is 1.93 bits per heavy atom. The van der Waals surface area contributed by atoms with Crippen LogP contribution >= 0.6 is 0 Å². The average molecular weight is 204 g/mol. The van der Waals surface area contributed by atoms with Crippen LogP contribution in [0.1, 0.15) is 50.7 Å². The van der Waals surface area contributed by atoms with Crippen LogP contribution in [0.25, 0.3) is 0 Å². The molecule has 1 heterocycles. The summed E-state index contributed by atoms with van der Waals surface area (Å²) in [5, 5.41) is 0. The van der Waals surface area contributed by atoms with E-state index in [0.717, 1.165) is 12.4 Å². The molecule has 1 aromatic carbocycles. The quantitative estimate of drug-likeness (QED) is 0.709. The molecule has 0 aliphatic carbocycles. The maximum Gasteiger partial charge on any atom is 0.123 e. The topological polar surface area (TPSA) is 9.23 Å². The maximum atomic E-state index is 5.76. The van der Waals surface area contributed by atoms with Crippen molar-refractivity contribution in [2.24, 2.45) is 5.92 Å². The first kappa shape index (κ1) is 10.5. The monoisotopic (exact) mass is 204 g/mol. The summed E-state index contributed by atoms with van der Waals surface area (Å²) in [4.78, 5) is 0. The zero-order valence-corrected chi connectivity index (χ0v) is 10.1. The van der Waals surface area contributed by atoms with Crippen molar-refractivity contribution in [3.8, 4) is 5.75 Å². The lowest BCUT2D eigenvalue weighted by Gasteiger charge is -2.18. The molecule has 0 radical (unpaired) electrons. The first-order valence-electron chi connectivity index (χ1n) is 5.87. The highest BCUT2D eigenvalue weighted by Gasteiger charge is 2.29. The summed E-state index contributed by atoms with van der Waals surface area (Å²) in [6.07, 6.45) is 0. The summed E-state index contributed by atoms with van der Waals surface area (Å²) >= 11 is 0. The summed E-state index contributed by atoms with van der Waals surface area (Å²) in [6.45, 7) is 9.92. The van der Waals surface area contributed by atoms with E-state index < -0.39 is 0 Å². The molecule has 0 amide bonds. The maximum absolute atomic E-state index is 5.76. The van der Waals surface area contributed by atoms with Gasteiger partial charge in [-0.3, -0.25) is 0 Å². The summed E-state index contributed by atoms with van der Waals surface area (Å²) in [5.74, 6) is 2.94. The van der Waals surface area contributed by atoms with Crippen LogP contribution in [0.15, 0.2) is 18.2 Å². The largest absolute Gasteiger partial charge is 0.493 e. The highest BCUT2D eigenvalue weighted by molar-refractivity contribution is 5.47. The minimum atomic E-state index is 0.582. The molecule has 0 saturated carbocycles. The number of ether oxygens (including phenoxy) is 1. The molecule has 2 rings (SSSR count). The van der Waals surface area contributed by atoms with Crippen LogP contribution in [0.5, 0.6) is 5.75 Å². The first-order valence-corrected chi connectivity index (χ1v) is 5.87. The Morgan fingerprint density at radius 1 is 1.20 bits per heavy atom. The van der Waals surface area contributed by atoms with Crippen molar-refractivity contribution in [1.29, 1.82) is 0 Å². The molecule has 1 aliphatic rings. The van der Waals surface area contributed by atoms with Crippen LogP contribution in [-0.4, -0.2) is 6.61 Å². The number of fused-ring (bicyclic) bond motifs is 1. The summed E-state index contributed by atoms with van der Waals surface area (Å²) < 4.78 is 5.76. The Hall–Kier alpha value is -0.980. The molecular formula is C14H20O. The highest BCUT2D eigenvalue weighted by atomic mass is 16.5. The molecule has 0 fully saturated rings. The number of benzene rings is 1. The van der Waals surface area contributed by atoms with Crippen LogP contribution in [0, 0.1) is 5.92 Å². The van der Waals surface area contributed by atoms with E-state index in [-0.39, 0.29) is 0 Å². The average Bonchev–Trinajstić information content (AvgIpc) is 2.60. The fourth-order valence-electron chi connectivity index (χ4n) is 2.38. The van der Waals surface area contributed by atoms with Gasteiger partial charge in [0.2, 0.25) is 0 Å². The van der Waals surface area contributed by atoms with Gasteiger partial charge in [0, 0.05) is 11.5 Å². The Labute approximate surface area is 92.5 Å². The van der Waals surface area contributed by atoms with E-state index in [1.54, 1.807) is 0 Å². The van der Waals surface area contributed by atoms with Crippen LogP contribution in [0.3, 0.4) is 0 Å². The molecule has 1 unspecified atom stereocenters. The third-order valence-electron chi connectivity index (χ3n) is 3.32. The van der Waals surface area contributed by atoms with Gasteiger partial charge in [-0.2, -0.15) is 0 Å². The van der Waals surface area contributed by atoms with E-state index in [2.05, 4.69) is 45.9 Å². The summed E-state index contributed by atoms with van der Waals surface area (Å²) in [6, 6.07) is 6.45. The third-order valence-corrected chi connectivity index (χ3v) is 3.32. The molecular weight excluding hydrogens is 184 g/mol. The van der Waals surface area contributed by atoms with E-state index in [1.165, 1.54) is 11.1 Å². The lowest BCUT2D eigenvalue weighted by molar-refractivity contribution is 0.303. The van der Waals surface area contributed by atoms with Crippen molar-refractivity contribution in [1.82, 2.24) is 0 Å². The Kier molecular flexibility index (Phi) is 2.72. The van der Waals surface area contributed by atoms with Crippen LogP contribution < -0.4 is 4.74 Å². The van der Waals surface area contributed by atoms with Crippen molar-refractivity contribution in [2.75, 3.05) is 6.61 Å². The SMILES string of the molecule is CC(C)c1cccc2c1C(C(C)C)CO2. The molecule has 1 aromatic rings. The molecule has 0 saturated heterocycles. The van der Waals surface area contributed by atoms with E-state index in [4.69, 9.17) is 4.74 Å². The molecule has 0 aromatic heterocycles. The predicted octanol–water partition coefficient (Wildman–Crippen LogP) is 3.94. The number of hydrogen-bond donors (Lipinski definition) is 0. The summed E-state index contributed by atoms with van der Waals surface area (Å²) in [7, 11) is 0. The lowest BCUT2D eigenvalue weighted by atomic mass is 9.84. The molecule has 0 N–H and O–H groups in total. The van der Waals surface area contributed by atoms with E-state index in [1.807, 2.05) is 0 Å². The minimum Gasteiger partial charge on any atom is -0.493 e. The van der Waals surface area contributed by atoms with Gasteiger partial charge in [0.15, 0.2) is 0 Å². The van der Waals surface area contributed by atoms with Gasteiger partial charge in [0.25, 0.3) is 0 Å². The highest BCUT2D eigenvalue weighted by Crippen LogP contribution is 2.42. The predicted molar refractivity (Wildman–Crippen MR) is 63.6 cm³/mol. The van der Waals surface area contributed by atoms with Gasteiger partial charge in [-0.1, -0.05) is 39.8 Å². The molecule has 0 bridgehead atoms. The smallest absolute Gasteiger partial charge is 0.123 e. The Bertz CT molecular complexity index is 352. The Balaban J connectivity index is 2.48. The molecule has 0 spiro atoms. The Morgan fingerprint density at radius 3 is 2.53 bits per heavy atom. The lowest BCUT2D eigenvalue weighted by Crippen LogP contribution is -2.10. The van der Waals surface area contributed by atoms with Gasteiger partial charge < -0.3 is 4.74 Å². The van der Waals surface area contributed by atoms with Gasteiger partial charge in [-0.25, -0.2) is 0 Å². The molecule has 1 heteroatoms. The zero-order valence-electron chi connectivity index (χ0n) is 10.1. The van der Waals surface area contributed by atoms with Crippen LogP contribution in [0.2, 0.25) is 0 Å². The van der Waals surface area contributed by atoms with Gasteiger partial charge in [0.1, 0.15) is 5.75 Å². The van der Waals surface area contributed by atoms with Gasteiger partial charge in [0.05, 0.1) is 6.61 Å². The number of hydrogen-bond acceptors (Lipinski definition) is 1. The van der Waals surface area contributed by atoms with Crippen molar-refractivity contribution in [3.63, 3.8) is 0 Å². The second-order valence-corrected chi connectivity index (χ2v) is 5.08. The zero-order chi connectivity index (χ0) is 11.0. The van der Waals surface area contributed by atoms with Gasteiger partial charge in [-0.15, -0.1) is 0 Å². The fourth-order valence-corrected chi connectivity index (χ4v) is 2.38. The van der Waals surface area contributed by atoms with Crippen molar-refractivity contribution < 1.29 is 4.74 Å². The second-order valence-electron chi connectivity index (χ2n) is 5.08. The van der Waals surface area contributed by atoms with Crippen LogP contribution in [0.4, 0.5) is 0 Å². The molecule has 1 aliphatic heterocycles. The molecule has 1 nitrogen and oxygen atoms in total. The number of rotatable bonds is 2. The first-order chi connectivity index (χ1) is 7.11. The molecule has 15 heavy (non-hydrogen) atoms. The molecule has 1 atom stereocenters. The third kappa shape index (κ3) is 1.75. The van der Waals surface area contributed by atoms with E-state index >= 15 is 0 Å². The molecule has 82 valence electrons. The minimum absolute atomic E-state index is 0.582. The fraction of sp³-hybridized carbons (Fsp3) is 0.571. The standard InChI is InChI=1S/C14H20O/c1-9(2)11-6-5-7-13-14(11)12(8-15-13)10(3)4/h5-7,9-10,12H,8H2,1-4H3. The van der Waals surface area contributed by atoms with Crippen LogP contribution in [-0.2, 0) is 0 Å². The van der Waals surface area contributed by atoms with Gasteiger partial charge >= 0.3 is 0 Å². The summed E-state index contributed by atoms with van der Waals surface area (Å²) in [5.41, 5.74) is 2.92. The second kappa shape index (κ2) is 3.88. The van der Waals surface area contributed by atoms with Crippen molar-refractivity contribution >= 4 is 0 Å². The van der Waals surface area contributed by atoms with E-state index in [9.17, 15) is 0 Å². The van der Waals surface area contributed by atoms with Crippen molar-refractivity contribution in [2.45, 2.75) is 39.5 Å². The van der Waals surface area contributed by atoms with Crippen molar-refractivity contribution in [3.05, 3.63) is 29.3 Å². The van der Waals surface area contributed by atoms with Gasteiger partial charge in [-0.05, 0) is 23.5 Å². The van der Waals surface area contributed by atoms with E-state index in [0.29, 0.717) is 17.8 Å². The normalized spacial score (nSPS) is 19.5.